The van der Waals surface area contributed by atoms with Crippen LogP contribution in [0.4, 0.5) is 4.39 Å². The van der Waals surface area contributed by atoms with Gasteiger partial charge in [-0.15, -0.1) is 0 Å². The highest BCUT2D eigenvalue weighted by molar-refractivity contribution is 5.79. The van der Waals surface area contributed by atoms with Crippen molar-refractivity contribution in [3.8, 4) is 11.5 Å². The maximum atomic E-state index is 14.4. The molecular formula is C25H27FN6O. The van der Waals surface area contributed by atoms with Gasteiger partial charge >= 0.3 is 0 Å². The van der Waals surface area contributed by atoms with Gasteiger partial charge in [0.05, 0.1) is 17.2 Å². The average Bonchev–Trinajstić information content (AvgIpc) is 3.16. The summed E-state index contributed by atoms with van der Waals surface area (Å²) < 4.78 is 22.2. The molecule has 0 aliphatic carbocycles. The summed E-state index contributed by atoms with van der Waals surface area (Å²) in [6.45, 7) is 4.08. The van der Waals surface area contributed by atoms with E-state index in [9.17, 15) is 4.39 Å². The fraction of sp³-hybridized carbons (Fsp3) is 0.240. The number of halogens is 1. The lowest BCUT2D eigenvalue weighted by Crippen LogP contribution is -2.37. The number of para-hydroxylation sites is 2. The largest absolute Gasteiger partial charge is 0.453 e. The van der Waals surface area contributed by atoms with Gasteiger partial charge < -0.3 is 19.9 Å². The Bertz CT molecular complexity index is 1240. The van der Waals surface area contributed by atoms with Gasteiger partial charge in [0.25, 0.3) is 0 Å². The van der Waals surface area contributed by atoms with Crippen molar-refractivity contribution >= 4 is 17.0 Å². The quantitative estimate of drug-likeness (QED) is 0.238. The van der Waals surface area contributed by atoms with Crippen LogP contribution in [0.5, 0.6) is 11.5 Å². The van der Waals surface area contributed by atoms with E-state index in [1.807, 2.05) is 31.2 Å². The fourth-order valence-electron chi connectivity index (χ4n) is 3.60. The normalized spacial score (nSPS) is 11.5. The number of rotatable bonds is 8. The van der Waals surface area contributed by atoms with Gasteiger partial charge in [0.15, 0.2) is 17.5 Å². The van der Waals surface area contributed by atoms with Gasteiger partial charge in [-0.3, -0.25) is 9.98 Å². The molecule has 2 N–H and O–H groups in total. The molecule has 8 heteroatoms. The second kappa shape index (κ2) is 10.6. The molecule has 2 aromatic carbocycles. The number of benzene rings is 2. The number of pyridine rings is 1. The first kappa shape index (κ1) is 22.3. The van der Waals surface area contributed by atoms with Crippen molar-refractivity contribution in [3.63, 3.8) is 0 Å². The maximum Gasteiger partial charge on any atom is 0.191 e. The fourth-order valence-corrected chi connectivity index (χ4v) is 3.60. The van der Waals surface area contributed by atoms with E-state index in [1.54, 1.807) is 37.6 Å². The van der Waals surface area contributed by atoms with Crippen molar-refractivity contribution in [2.75, 3.05) is 13.6 Å². The SMILES string of the molecule is CN=C(NCCCn1c(C)nc2ccccc21)NCc1ccc(Oc2cccnc2)c(F)c1. The number of aliphatic imine (C=N–C) groups is 1. The molecule has 0 radical (unpaired) electrons. The topological polar surface area (TPSA) is 76.4 Å². The predicted molar refractivity (Wildman–Crippen MR) is 128 cm³/mol. The number of ether oxygens (including phenoxy) is 1. The monoisotopic (exact) mass is 446 g/mol. The zero-order valence-electron chi connectivity index (χ0n) is 18.8. The Morgan fingerprint density at radius 3 is 2.79 bits per heavy atom. The first-order valence-corrected chi connectivity index (χ1v) is 10.9. The Morgan fingerprint density at radius 1 is 1.12 bits per heavy atom. The zero-order valence-corrected chi connectivity index (χ0v) is 18.8. The summed E-state index contributed by atoms with van der Waals surface area (Å²) in [5.41, 5.74) is 2.95. The van der Waals surface area contributed by atoms with Gasteiger partial charge in [0.2, 0.25) is 0 Å². The molecule has 4 aromatic rings. The van der Waals surface area contributed by atoms with E-state index < -0.39 is 5.82 Å². The molecule has 0 amide bonds. The van der Waals surface area contributed by atoms with Gasteiger partial charge in [-0.1, -0.05) is 18.2 Å². The molecule has 4 rings (SSSR count). The molecule has 0 unspecified atom stereocenters. The summed E-state index contributed by atoms with van der Waals surface area (Å²) >= 11 is 0. The molecule has 7 nitrogen and oxygen atoms in total. The highest BCUT2D eigenvalue weighted by Crippen LogP contribution is 2.24. The van der Waals surface area contributed by atoms with Crippen molar-refractivity contribution in [2.24, 2.45) is 4.99 Å². The van der Waals surface area contributed by atoms with Crippen LogP contribution in [0.15, 0.2) is 72.0 Å². The zero-order chi connectivity index (χ0) is 23.0. The van der Waals surface area contributed by atoms with Crippen LogP contribution < -0.4 is 15.4 Å². The molecule has 0 saturated heterocycles. The third kappa shape index (κ3) is 5.65. The molecule has 2 heterocycles. The van der Waals surface area contributed by atoms with Crippen LogP contribution in [0.3, 0.4) is 0 Å². The molecule has 0 spiro atoms. The Hall–Kier alpha value is -3.94. The molecule has 0 atom stereocenters. The summed E-state index contributed by atoms with van der Waals surface area (Å²) in [7, 11) is 1.72. The van der Waals surface area contributed by atoms with Crippen molar-refractivity contribution in [2.45, 2.75) is 26.4 Å². The molecular weight excluding hydrogens is 419 g/mol. The van der Waals surface area contributed by atoms with E-state index >= 15 is 0 Å². The summed E-state index contributed by atoms with van der Waals surface area (Å²) in [4.78, 5) is 12.8. The van der Waals surface area contributed by atoms with Crippen LogP contribution in [-0.4, -0.2) is 34.1 Å². The van der Waals surface area contributed by atoms with Crippen LogP contribution in [0.25, 0.3) is 11.0 Å². The Kier molecular flexibility index (Phi) is 7.14. The predicted octanol–water partition coefficient (Wildman–Crippen LogP) is 4.43. The number of nitrogens with zero attached hydrogens (tertiary/aromatic N) is 4. The van der Waals surface area contributed by atoms with E-state index in [0.29, 0.717) is 18.3 Å². The van der Waals surface area contributed by atoms with Gasteiger partial charge in [-0.05, 0) is 55.3 Å². The average molecular weight is 447 g/mol. The lowest BCUT2D eigenvalue weighted by atomic mass is 10.2. The number of imidazole rings is 1. The van der Waals surface area contributed by atoms with Crippen LogP contribution in [0.2, 0.25) is 0 Å². The van der Waals surface area contributed by atoms with Gasteiger partial charge in [-0.2, -0.15) is 0 Å². The minimum absolute atomic E-state index is 0.163. The summed E-state index contributed by atoms with van der Waals surface area (Å²) in [6.07, 6.45) is 4.09. The van der Waals surface area contributed by atoms with Gasteiger partial charge in [-0.25, -0.2) is 9.37 Å². The molecule has 33 heavy (non-hydrogen) atoms. The molecule has 0 bridgehead atoms. The van der Waals surface area contributed by atoms with E-state index in [1.165, 1.54) is 6.07 Å². The molecule has 170 valence electrons. The third-order valence-electron chi connectivity index (χ3n) is 5.24. The molecule has 0 aliphatic heterocycles. The Balaban J connectivity index is 1.25. The summed E-state index contributed by atoms with van der Waals surface area (Å²) in [5, 5.41) is 6.53. The number of aromatic nitrogens is 3. The minimum atomic E-state index is -0.427. The van der Waals surface area contributed by atoms with Crippen LogP contribution in [0.1, 0.15) is 17.8 Å². The summed E-state index contributed by atoms with van der Waals surface area (Å²) in [6, 6.07) is 16.5. The maximum absolute atomic E-state index is 14.4. The number of aryl methyl sites for hydroxylation is 2. The third-order valence-corrected chi connectivity index (χ3v) is 5.24. The smallest absolute Gasteiger partial charge is 0.191 e. The van der Waals surface area contributed by atoms with Crippen molar-refractivity contribution in [3.05, 3.63) is 84.2 Å². The summed E-state index contributed by atoms with van der Waals surface area (Å²) in [5.74, 6) is 1.90. The van der Waals surface area contributed by atoms with E-state index in [0.717, 1.165) is 41.9 Å². The van der Waals surface area contributed by atoms with E-state index in [-0.39, 0.29) is 5.75 Å². The number of guanidine groups is 1. The second-order valence-corrected chi connectivity index (χ2v) is 7.56. The first-order chi connectivity index (χ1) is 16.1. The van der Waals surface area contributed by atoms with Crippen LogP contribution >= 0.6 is 0 Å². The standard InChI is InChI=1S/C25H27FN6O/c1-18-31-22-8-3-4-9-23(22)32(18)14-6-13-29-25(27-2)30-16-19-10-11-24(21(26)15-19)33-20-7-5-12-28-17-20/h3-5,7-12,15,17H,6,13-14,16H2,1-2H3,(H2,27,29,30). The minimum Gasteiger partial charge on any atom is -0.453 e. The van der Waals surface area contributed by atoms with E-state index in [2.05, 4.69) is 36.2 Å². The highest BCUT2D eigenvalue weighted by atomic mass is 19.1. The second-order valence-electron chi connectivity index (χ2n) is 7.56. The van der Waals surface area contributed by atoms with Crippen molar-refractivity contribution < 1.29 is 9.13 Å². The Labute approximate surface area is 192 Å². The molecule has 0 aliphatic rings. The number of fused-ring (bicyclic) bond motifs is 1. The number of hydrogen-bond acceptors (Lipinski definition) is 4. The molecule has 0 fully saturated rings. The molecule has 2 aromatic heterocycles. The number of nitrogens with one attached hydrogen (secondary N) is 2. The van der Waals surface area contributed by atoms with Crippen molar-refractivity contribution in [1.29, 1.82) is 0 Å². The molecule has 0 saturated carbocycles. The lowest BCUT2D eigenvalue weighted by Gasteiger charge is -2.13. The highest BCUT2D eigenvalue weighted by Gasteiger charge is 2.08. The van der Waals surface area contributed by atoms with Crippen LogP contribution in [0, 0.1) is 12.7 Å². The van der Waals surface area contributed by atoms with E-state index in [4.69, 9.17) is 4.74 Å². The van der Waals surface area contributed by atoms with Crippen LogP contribution in [-0.2, 0) is 13.1 Å². The lowest BCUT2D eigenvalue weighted by molar-refractivity contribution is 0.440. The van der Waals surface area contributed by atoms with Crippen molar-refractivity contribution in [1.82, 2.24) is 25.2 Å². The number of hydrogen-bond donors (Lipinski definition) is 2. The van der Waals surface area contributed by atoms with Gasteiger partial charge in [0, 0.05) is 32.9 Å². The van der Waals surface area contributed by atoms with Gasteiger partial charge in [0.1, 0.15) is 11.6 Å². The first-order valence-electron chi connectivity index (χ1n) is 10.9. The Morgan fingerprint density at radius 2 is 2.00 bits per heavy atom.